The lowest BCUT2D eigenvalue weighted by atomic mass is 10.0. The van der Waals surface area contributed by atoms with E-state index >= 15 is 0 Å². The highest BCUT2D eigenvalue weighted by Gasteiger charge is 2.23. The average molecular weight is 1150 g/mol. The van der Waals surface area contributed by atoms with Gasteiger partial charge in [0, 0.05) is 6.42 Å². The lowest BCUT2D eigenvalue weighted by molar-refractivity contribution is -0.870. The number of rotatable bonds is 63. The summed E-state index contributed by atoms with van der Waals surface area (Å²) in [5, 5.41) is 13.9. The predicted octanol–water partition coefficient (Wildman–Crippen LogP) is 21.3. The molecule has 0 heterocycles. The molecule has 0 radical (unpaired) electrons. The maximum atomic E-state index is 13.0. The third-order valence-corrected chi connectivity index (χ3v) is 16.3. The molecule has 0 aromatic heterocycles. The topological polar surface area (TPSA) is 108 Å². The summed E-state index contributed by atoms with van der Waals surface area (Å²) in [5.41, 5.74) is 0. The van der Waals surface area contributed by atoms with Gasteiger partial charge in [0.15, 0.2) is 0 Å². The number of hydrogen-bond acceptors (Lipinski definition) is 6. The molecule has 472 valence electrons. The normalized spacial score (nSPS) is 14.2. The number of phosphoric acid groups is 1. The zero-order valence-corrected chi connectivity index (χ0v) is 54.9. The second kappa shape index (κ2) is 62.2. The van der Waals surface area contributed by atoms with E-state index in [9.17, 15) is 19.4 Å². The number of unbranched alkanes of at least 4 members (excludes halogenated alkanes) is 38. The minimum absolute atomic E-state index is 0.00836. The number of likely N-dealkylation sites (N-methyl/N-ethyl adjacent to an activating group) is 1. The van der Waals surface area contributed by atoms with Gasteiger partial charge < -0.3 is 28.8 Å². The van der Waals surface area contributed by atoms with Crippen LogP contribution in [0.1, 0.15) is 316 Å². The van der Waals surface area contributed by atoms with Crippen molar-refractivity contribution in [3.8, 4) is 0 Å². The van der Waals surface area contributed by atoms with Crippen LogP contribution in [0.3, 0.4) is 0 Å². The summed E-state index contributed by atoms with van der Waals surface area (Å²) in [7, 11) is 1.25. The first kappa shape index (κ1) is 78.7. The Bertz CT molecular complexity index is 1600. The van der Waals surface area contributed by atoms with Crippen LogP contribution < -0.4 is 10.2 Å². The molecule has 0 rings (SSSR count). The molecular formula is C72H133N2O6P. The van der Waals surface area contributed by atoms with Crippen molar-refractivity contribution in [3.05, 3.63) is 85.1 Å². The Morgan fingerprint density at radius 3 is 1.15 bits per heavy atom. The molecule has 3 atom stereocenters. The molecule has 0 saturated carbocycles. The molecule has 8 nitrogen and oxygen atoms in total. The van der Waals surface area contributed by atoms with Crippen LogP contribution in [0.5, 0.6) is 0 Å². The Balaban J connectivity index is 4.12. The fraction of sp³-hybridized carbons (Fsp3) is 0.792. The molecular weight excluding hydrogens is 1020 g/mol. The second-order valence-electron chi connectivity index (χ2n) is 24.5. The van der Waals surface area contributed by atoms with Gasteiger partial charge >= 0.3 is 0 Å². The highest BCUT2D eigenvalue weighted by Crippen LogP contribution is 2.38. The molecule has 0 bridgehead atoms. The fourth-order valence-electron chi connectivity index (χ4n) is 10.0. The average Bonchev–Trinajstić information content (AvgIpc) is 3.43. The molecule has 0 aromatic rings. The van der Waals surface area contributed by atoms with Gasteiger partial charge in [0.05, 0.1) is 39.9 Å². The molecule has 0 aliphatic heterocycles. The molecule has 0 aliphatic carbocycles. The Kier molecular flexibility index (Phi) is 60.4. The van der Waals surface area contributed by atoms with Crippen molar-refractivity contribution in [1.82, 2.24) is 5.32 Å². The first-order chi connectivity index (χ1) is 39.5. The number of carbonyl (C=O) groups excluding carboxylic acids is 1. The molecule has 81 heavy (non-hydrogen) atoms. The largest absolute Gasteiger partial charge is 0.756 e. The lowest BCUT2D eigenvalue weighted by Gasteiger charge is -2.29. The van der Waals surface area contributed by atoms with Gasteiger partial charge in [-0.3, -0.25) is 9.36 Å². The zero-order valence-electron chi connectivity index (χ0n) is 54.0. The van der Waals surface area contributed by atoms with Gasteiger partial charge in [-0.15, -0.1) is 0 Å². The Hall–Kier alpha value is -2.32. The van der Waals surface area contributed by atoms with Crippen molar-refractivity contribution >= 4 is 13.7 Å². The van der Waals surface area contributed by atoms with Crippen LogP contribution in [0, 0.1) is 0 Å². The number of aliphatic hydroxyl groups excluding tert-OH is 1. The summed E-state index contributed by atoms with van der Waals surface area (Å²) in [5.74, 6) is -0.206. The Morgan fingerprint density at radius 1 is 0.444 bits per heavy atom. The number of carbonyl (C=O) groups is 1. The highest BCUT2D eigenvalue weighted by atomic mass is 31.2. The van der Waals surface area contributed by atoms with E-state index in [1.807, 2.05) is 27.2 Å². The van der Waals surface area contributed by atoms with Crippen LogP contribution >= 0.6 is 7.82 Å². The molecule has 1 amide bonds. The van der Waals surface area contributed by atoms with Crippen LogP contribution in [-0.4, -0.2) is 68.5 Å². The molecule has 0 saturated heterocycles. The maximum absolute atomic E-state index is 13.0. The number of nitrogens with zero attached hydrogens (tertiary/aromatic N) is 1. The minimum atomic E-state index is -4.62. The number of hydrogen-bond donors (Lipinski definition) is 2. The van der Waals surface area contributed by atoms with Gasteiger partial charge in [-0.05, 0) is 77.0 Å². The number of aliphatic hydroxyl groups is 1. The van der Waals surface area contributed by atoms with Crippen LogP contribution in [-0.2, 0) is 18.4 Å². The first-order valence-electron chi connectivity index (χ1n) is 34.4. The highest BCUT2D eigenvalue weighted by molar-refractivity contribution is 7.45. The van der Waals surface area contributed by atoms with Crippen LogP contribution in [0.4, 0.5) is 0 Å². The Labute approximate surface area is 503 Å². The van der Waals surface area contributed by atoms with E-state index in [0.29, 0.717) is 17.4 Å². The summed E-state index contributed by atoms with van der Waals surface area (Å²) < 4.78 is 23.4. The van der Waals surface area contributed by atoms with E-state index in [1.54, 1.807) is 6.08 Å². The molecule has 0 fully saturated rings. The first-order valence-corrected chi connectivity index (χ1v) is 35.9. The van der Waals surface area contributed by atoms with Crippen molar-refractivity contribution in [1.29, 1.82) is 0 Å². The SMILES string of the molecule is CC/C=C\C/C=C\C/C=C\C/C=C\C/C=C\CCCCCCCCCCCCCCCCCC(=O)NC(COP(=O)([O-])OCC[N+](C)(C)C)C(O)/C=C/CC/C=C/CCCCCCCCCCCCCCCCCCCCCCCC. The van der Waals surface area contributed by atoms with Gasteiger partial charge in [0.1, 0.15) is 13.2 Å². The summed E-state index contributed by atoms with van der Waals surface area (Å²) >= 11 is 0. The summed E-state index contributed by atoms with van der Waals surface area (Å²) in [4.78, 5) is 25.6. The van der Waals surface area contributed by atoms with Gasteiger partial charge in [0.25, 0.3) is 7.82 Å². The Morgan fingerprint density at radius 2 is 0.765 bits per heavy atom. The second-order valence-corrected chi connectivity index (χ2v) is 25.9. The zero-order chi connectivity index (χ0) is 59.1. The number of quaternary nitrogens is 1. The van der Waals surface area contributed by atoms with Crippen molar-refractivity contribution in [2.24, 2.45) is 0 Å². The third kappa shape index (κ3) is 65.1. The molecule has 3 unspecified atom stereocenters. The maximum Gasteiger partial charge on any atom is 0.268 e. The van der Waals surface area contributed by atoms with E-state index in [1.165, 1.54) is 225 Å². The smallest absolute Gasteiger partial charge is 0.268 e. The minimum Gasteiger partial charge on any atom is -0.756 e. The van der Waals surface area contributed by atoms with Crippen LogP contribution in [0.25, 0.3) is 0 Å². The van der Waals surface area contributed by atoms with Crippen molar-refractivity contribution < 1.29 is 32.9 Å². The predicted molar refractivity (Wildman–Crippen MR) is 353 cm³/mol. The van der Waals surface area contributed by atoms with Crippen LogP contribution in [0.15, 0.2) is 85.1 Å². The molecule has 0 aromatic carbocycles. The molecule has 2 N–H and O–H groups in total. The molecule has 0 spiro atoms. The fourth-order valence-corrected chi connectivity index (χ4v) is 10.7. The standard InChI is InChI=1S/C72H133N2O6P/c1-6-8-10-12-14-16-18-20-22-24-26-28-30-32-34-36-37-38-40-42-44-46-48-50-52-54-56-58-60-62-64-66-72(76)73-70(69-80-81(77,78)79-68-67-74(3,4)5)71(75)65-63-61-59-57-55-53-51-49-47-45-43-41-39-35-33-31-29-27-25-23-21-19-17-15-13-11-9-7-2/h8,10,14,16,20,22,26,28,32,34,55,57,63,65,70-71,75H,6-7,9,11-13,15,17-19,21,23-25,27,29-31,33,35-54,56,58-62,64,66-69H2,1-5H3,(H-,73,76,77,78)/b10-8-,16-14-,22-20-,28-26-,34-32-,57-55+,65-63+. The summed E-state index contributed by atoms with van der Waals surface area (Å²) in [6, 6.07) is -0.909. The van der Waals surface area contributed by atoms with E-state index in [0.717, 1.165) is 70.6 Å². The van der Waals surface area contributed by atoms with E-state index in [-0.39, 0.29) is 12.5 Å². The van der Waals surface area contributed by atoms with Crippen molar-refractivity contribution in [3.63, 3.8) is 0 Å². The van der Waals surface area contributed by atoms with Gasteiger partial charge in [-0.2, -0.15) is 0 Å². The monoisotopic (exact) mass is 1150 g/mol. The summed E-state index contributed by atoms with van der Waals surface area (Å²) in [6.07, 6.45) is 88.5. The number of nitrogens with one attached hydrogen (secondary N) is 1. The van der Waals surface area contributed by atoms with E-state index in [2.05, 4.69) is 92.1 Å². The van der Waals surface area contributed by atoms with E-state index in [4.69, 9.17) is 9.05 Å². The quantitative estimate of drug-likeness (QED) is 0.0272. The number of phosphoric ester groups is 1. The molecule has 9 heteroatoms. The van der Waals surface area contributed by atoms with Gasteiger partial charge in [-0.1, -0.05) is 317 Å². The van der Waals surface area contributed by atoms with Gasteiger partial charge in [-0.25, -0.2) is 0 Å². The number of amides is 1. The van der Waals surface area contributed by atoms with Crippen LogP contribution in [0.2, 0.25) is 0 Å². The number of allylic oxidation sites excluding steroid dienone is 13. The van der Waals surface area contributed by atoms with Crippen molar-refractivity contribution in [2.75, 3.05) is 40.9 Å². The lowest BCUT2D eigenvalue weighted by Crippen LogP contribution is -2.45. The van der Waals surface area contributed by atoms with Gasteiger partial charge in [0.2, 0.25) is 5.91 Å². The van der Waals surface area contributed by atoms with E-state index < -0.39 is 26.6 Å². The molecule has 0 aliphatic rings. The third-order valence-electron chi connectivity index (χ3n) is 15.3. The summed E-state index contributed by atoms with van der Waals surface area (Å²) in [6.45, 7) is 4.55. The van der Waals surface area contributed by atoms with Crippen molar-refractivity contribution in [2.45, 2.75) is 328 Å².